The van der Waals surface area contributed by atoms with E-state index in [1.54, 1.807) is 48.5 Å². The molecule has 0 bridgehead atoms. The minimum Gasteiger partial charge on any atom is -0.494 e. The van der Waals surface area contributed by atoms with Crippen LogP contribution >= 0.6 is 15.9 Å². The zero-order chi connectivity index (χ0) is 22.2. The smallest absolute Gasteiger partial charge is 0.352 e. The number of ether oxygens (including phenoxy) is 2. The topological polar surface area (TPSA) is 84.9 Å². The SMILES string of the molecule is CCOc1ccc(C(=O)N/C(=C/c2ccc(Oc3ccccc3Br)cc2)C(=O)O)cc1. The van der Waals surface area contributed by atoms with Crippen molar-refractivity contribution < 1.29 is 24.2 Å². The van der Waals surface area contributed by atoms with E-state index in [-0.39, 0.29) is 5.70 Å². The van der Waals surface area contributed by atoms with Gasteiger partial charge in [0.25, 0.3) is 5.91 Å². The van der Waals surface area contributed by atoms with Crippen LogP contribution in [-0.4, -0.2) is 23.6 Å². The van der Waals surface area contributed by atoms with E-state index >= 15 is 0 Å². The van der Waals surface area contributed by atoms with Crippen molar-refractivity contribution >= 4 is 33.9 Å². The van der Waals surface area contributed by atoms with E-state index in [1.807, 2.05) is 31.2 Å². The van der Waals surface area contributed by atoms with Gasteiger partial charge in [-0.05, 0) is 83.0 Å². The van der Waals surface area contributed by atoms with Gasteiger partial charge in [0, 0.05) is 5.56 Å². The van der Waals surface area contributed by atoms with Crippen LogP contribution in [0.5, 0.6) is 17.2 Å². The summed E-state index contributed by atoms with van der Waals surface area (Å²) in [6, 6.07) is 20.8. The summed E-state index contributed by atoms with van der Waals surface area (Å²) in [6.45, 7) is 2.38. The van der Waals surface area contributed by atoms with Crippen molar-refractivity contribution in [2.75, 3.05) is 6.61 Å². The largest absolute Gasteiger partial charge is 0.494 e. The van der Waals surface area contributed by atoms with Crippen LogP contribution in [0.3, 0.4) is 0 Å². The van der Waals surface area contributed by atoms with Crippen LogP contribution in [0.1, 0.15) is 22.8 Å². The molecular formula is C24H20BrNO5. The van der Waals surface area contributed by atoms with Crippen molar-refractivity contribution in [2.24, 2.45) is 0 Å². The fraction of sp³-hybridized carbons (Fsp3) is 0.0833. The molecule has 31 heavy (non-hydrogen) atoms. The van der Waals surface area contributed by atoms with Crippen molar-refractivity contribution in [1.29, 1.82) is 0 Å². The number of rotatable bonds is 8. The number of carbonyl (C=O) groups excluding carboxylic acids is 1. The molecular weight excluding hydrogens is 462 g/mol. The fourth-order valence-corrected chi connectivity index (χ4v) is 3.03. The normalized spacial score (nSPS) is 11.0. The maximum atomic E-state index is 12.4. The summed E-state index contributed by atoms with van der Waals surface area (Å²) >= 11 is 3.42. The highest BCUT2D eigenvalue weighted by Crippen LogP contribution is 2.29. The monoisotopic (exact) mass is 481 g/mol. The van der Waals surface area contributed by atoms with Crippen LogP contribution in [0, 0.1) is 0 Å². The Hall–Kier alpha value is -3.58. The summed E-state index contributed by atoms with van der Waals surface area (Å²) in [4.78, 5) is 24.1. The Bertz CT molecular complexity index is 1090. The van der Waals surface area contributed by atoms with Crippen molar-refractivity contribution in [3.63, 3.8) is 0 Å². The van der Waals surface area contributed by atoms with Crippen LogP contribution in [0.4, 0.5) is 0 Å². The first-order chi connectivity index (χ1) is 15.0. The molecule has 0 aliphatic heterocycles. The Balaban J connectivity index is 1.72. The molecule has 3 aromatic carbocycles. The standard InChI is InChI=1S/C24H20BrNO5/c1-2-30-18-13-9-17(10-14-18)23(27)26-21(24(28)29)15-16-7-11-19(12-8-16)31-22-6-4-3-5-20(22)25/h3-15H,2H2,1H3,(H,26,27)(H,28,29)/b21-15+. The summed E-state index contributed by atoms with van der Waals surface area (Å²) in [6.07, 6.45) is 1.39. The number of hydrogen-bond acceptors (Lipinski definition) is 4. The second-order valence-corrected chi connectivity index (χ2v) is 7.23. The zero-order valence-electron chi connectivity index (χ0n) is 16.7. The first kappa shape index (κ1) is 22.1. The molecule has 0 aliphatic rings. The molecule has 0 saturated heterocycles. The first-order valence-electron chi connectivity index (χ1n) is 9.48. The lowest BCUT2D eigenvalue weighted by Crippen LogP contribution is -2.27. The average Bonchev–Trinajstić information content (AvgIpc) is 2.76. The van der Waals surface area contributed by atoms with Gasteiger partial charge in [0.1, 0.15) is 22.9 Å². The van der Waals surface area contributed by atoms with Gasteiger partial charge in [-0.15, -0.1) is 0 Å². The number of aliphatic carboxylic acids is 1. The van der Waals surface area contributed by atoms with E-state index in [2.05, 4.69) is 21.2 Å². The first-order valence-corrected chi connectivity index (χ1v) is 10.3. The molecule has 0 fully saturated rings. The molecule has 2 N–H and O–H groups in total. The second kappa shape index (κ2) is 10.4. The van der Waals surface area contributed by atoms with Crippen molar-refractivity contribution in [3.8, 4) is 17.2 Å². The quantitative estimate of drug-likeness (QED) is 0.415. The third kappa shape index (κ3) is 6.20. The van der Waals surface area contributed by atoms with Crippen LogP contribution < -0.4 is 14.8 Å². The van der Waals surface area contributed by atoms with Gasteiger partial charge in [0.15, 0.2) is 0 Å². The summed E-state index contributed by atoms with van der Waals surface area (Å²) in [5.41, 5.74) is 0.690. The predicted molar refractivity (Wildman–Crippen MR) is 121 cm³/mol. The second-order valence-electron chi connectivity index (χ2n) is 6.38. The number of halogens is 1. The molecule has 0 spiro atoms. The summed E-state index contributed by atoms with van der Waals surface area (Å²) < 4.78 is 12.0. The lowest BCUT2D eigenvalue weighted by Gasteiger charge is -2.09. The van der Waals surface area contributed by atoms with Crippen molar-refractivity contribution in [2.45, 2.75) is 6.92 Å². The van der Waals surface area contributed by atoms with Gasteiger partial charge in [-0.25, -0.2) is 4.79 Å². The van der Waals surface area contributed by atoms with Crippen LogP contribution in [0.2, 0.25) is 0 Å². The molecule has 0 unspecified atom stereocenters. The molecule has 3 aromatic rings. The number of carboxylic acids is 1. The molecule has 6 nitrogen and oxygen atoms in total. The number of amides is 1. The Kier molecular flexibility index (Phi) is 7.45. The fourth-order valence-electron chi connectivity index (χ4n) is 2.67. The van der Waals surface area contributed by atoms with E-state index in [4.69, 9.17) is 9.47 Å². The Labute approximate surface area is 188 Å². The average molecular weight is 482 g/mol. The van der Waals surface area contributed by atoms with E-state index in [0.29, 0.717) is 35.0 Å². The third-order valence-corrected chi connectivity index (χ3v) is 4.82. The van der Waals surface area contributed by atoms with Crippen LogP contribution in [-0.2, 0) is 4.79 Å². The number of benzene rings is 3. The van der Waals surface area contributed by atoms with Gasteiger partial charge in [0.2, 0.25) is 0 Å². The maximum Gasteiger partial charge on any atom is 0.352 e. The molecule has 7 heteroatoms. The number of hydrogen-bond donors (Lipinski definition) is 2. The number of carbonyl (C=O) groups is 2. The summed E-state index contributed by atoms with van der Waals surface area (Å²) in [5.74, 6) is 0.135. The zero-order valence-corrected chi connectivity index (χ0v) is 18.3. The molecule has 0 heterocycles. The summed E-state index contributed by atoms with van der Waals surface area (Å²) in [5, 5.41) is 11.9. The van der Waals surface area contributed by atoms with Crippen molar-refractivity contribution in [1.82, 2.24) is 5.32 Å². The highest BCUT2D eigenvalue weighted by molar-refractivity contribution is 9.10. The Morgan fingerprint density at radius 3 is 2.23 bits per heavy atom. The lowest BCUT2D eigenvalue weighted by molar-refractivity contribution is -0.132. The van der Waals surface area contributed by atoms with Crippen LogP contribution in [0.15, 0.2) is 83.0 Å². The Morgan fingerprint density at radius 1 is 0.968 bits per heavy atom. The van der Waals surface area contributed by atoms with E-state index in [0.717, 1.165) is 4.47 Å². The van der Waals surface area contributed by atoms with Gasteiger partial charge in [-0.2, -0.15) is 0 Å². The minimum absolute atomic E-state index is 0.238. The molecule has 158 valence electrons. The molecule has 0 saturated carbocycles. The number of para-hydroxylation sites is 1. The van der Waals surface area contributed by atoms with Gasteiger partial charge in [-0.1, -0.05) is 24.3 Å². The third-order valence-electron chi connectivity index (χ3n) is 4.16. The molecule has 0 radical (unpaired) electrons. The molecule has 0 atom stereocenters. The molecule has 1 amide bonds. The van der Waals surface area contributed by atoms with Gasteiger partial charge >= 0.3 is 5.97 Å². The lowest BCUT2D eigenvalue weighted by atomic mass is 10.1. The van der Waals surface area contributed by atoms with E-state index in [9.17, 15) is 14.7 Å². The summed E-state index contributed by atoms with van der Waals surface area (Å²) in [7, 11) is 0. The van der Waals surface area contributed by atoms with E-state index in [1.165, 1.54) is 6.08 Å². The minimum atomic E-state index is -1.24. The highest BCUT2D eigenvalue weighted by atomic mass is 79.9. The number of nitrogens with one attached hydrogen (secondary N) is 1. The maximum absolute atomic E-state index is 12.4. The van der Waals surface area contributed by atoms with Gasteiger partial charge in [-0.3, -0.25) is 4.79 Å². The Morgan fingerprint density at radius 2 is 1.61 bits per heavy atom. The molecule has 0 aromatic heterocycles. The molecule has 3 rings (SSSR count). The number of carboxylic acid groups (broad SMARTS) is 1. The van der Waals surface area contributed by atoms with E-state index < -0.39 is 11.9 Å². The highest BCUT2D eigenvalue weighted by Gasteiger charge is 2.14. The molecule has 0 aliphatic carbocycles. The van der Waals surface area contributed by atoms with Crippen LogP contribution in [0.25, 0.3) is 6.08 Å². The van der Waals surface area contributed by atoms with Gasteiger partial charge in [0.05, 0.1) is 11.1 Å². The van der Waals surface area contributed by atoms with Gasteiger partial charge < -0.3 is 19.9 Å². The predicted octanol–water partition coefficient (Wildman–Crippen LogP) is 5.50. The van der Waals surface area contributed by atoms with Crippen molar-refractivity contribution in [3.05, 3.63) is 94.1 Å².